The number of anilines is 2. The molecule has 1 aromatic carbocycles. The number of ether oxygens (including phenoxy) is 1. The molecule has 0 unspecified atom stereocenters. The Balaban J connectivity index is 1.36. The van der Waals surface area contributed by atoms with Gasteiger partial charge in [0.05, 0.1) is 12.1 Å². The molecule has 3 amide bonds. The first-order chi connectivity index (χ1) is 17.7. The van der Waals surface area contributed by atoms with Gasteiger partial charge in [0.15, 0.2) is 6.61 Å². The van der Waals surface area contributed by atoms with Crippen molar-refractivity contribution in [2.45, 2.75) is 25.4 Å². The lowest BCUT2D eigenvalue weighted by atomic mass is 10.1. The number of hydrogen-bond donors (Lipinski definition) is 1. The van der Waals surface area contributed by atoms with Crippen molar-refractivity contribution >= 4 is 29.1 Å². The lowest BCUT2D eigenvalue weighted by Gasteiger charge is -2.38. The molecule has 0 aliphatic carbocycles. The highest BCUT2D eigenvalue weighted by Crippen LogP contribution is 2.25. The Morgan fingerprint density at radius 1 is 1.03 bits per heavy atom. The number of carbonyl (C=O) groups is 3. The average molecular weight is 520 g/mol. The van der Waals surface area contributed by atoms with Crippen LogP contribution in [0, 0.1) is 0 Å². The molecule has 4 rings (SSSR count). The van der Waals surface area contributed by atoms with Crippen LogP contribution in [0.15, 0.2) is 42.6 Å². The molecule has 0 spiro atoms. The van der Waals surface area contributed by atoms with Crippen LogP contribution in [-0.2, 0) is 9.59 Å². The maximum atomic E-state index is 13.0. The van der Waals surface area contributed by atoms with Crippen LogP contribution in [0.1, 0.15) is 29.6 Å². The largest absolute Gasteiger partial charge is 0.468 e. The van der Waals surface area contributed by atoms with Crippen LogP contribution in [0.4, 0.5) is 24.5 Å². The van der Waals surface area contributed by atoms with Crippen molar-refractivity contribution in [2.75, 3.05) is 56.1 Å². The first-order valence-electron chi connectivity index (χ1n) is 12.1. The van der Waals surface area contributed by atoms with E-state index in [0.29, 0.717) is 50.4 Å². The zero-order chi connectivity index (χ0) is 26.4. The Bertz CT molecular complexity index is 1140. The van der Waals surface area contributed by atoms with Crippen molar-refractivity contribution < 1.29 is 32.3 Å². The summed E-state index contributed by atoms with van der Waals surface area (Å²) in [5.74, 6) is -0.755. The van der Waals surface area contributed by atoms with Gasteiger partial charge in [0.25, 0.3) is 5.91 Å². The Morgan fingerprint density at radius 2 is 1.78 bits per heavy atom. The number of aromatic nitrogens is 1. The van der Waals surface area contributed by atoms with Gasteiger partial charge in [0, 0.05) is 62.8 Å². The Labute approximate surface area is 212 Å². The standard InChI is InChI=1S/C25H28F3N5O4/c26-25(27,28)17-37-21-15-18(8-9-29-21)30-24(36)19-5-1-2-6-20(19)31-11-13-32(14-12-31)23(35)16-33-10-4-3-7-22(33)34/h1-2,5-6,8-9,15H,3-4,7,10-14,16-17H2,(H,29,30,36). The number of piperidine rings is 1. The summed E-state index contributed by atoms with van der Waals surface area (Å²) in [7, 11) is 0. The molecule has 2 aliphatic heterocycles. The maximum Gasteiger partial charge on any atom is 0.422 e. The molecule has 2 aliphatic rings. The van der Waals surface area contributed by atoms with Crippen LogP contribution in [0.3, 0.4) is 0 Å². The fourth-order valence-electron chi connectivity index (χ4n) is 4.35. The highest BCUT2D eigenvalue weighted by atomic mass is 19.4. The lowest BCUT2D eigenvalue weighted by Crippen LogP contribution is -2.52. The van der Waals surface area contributed by atoms with Crippen LogP contribution in [0.25, 0.3) is 0 Å². The van der Waals surface area contributed by atoms with Gasteiger partial charge >= 0.3 is 6.18 Å². The number of amides is 3. The van der Waals surface area contributed by atoms with E-state index < -0.39 is 18.7 Å². The zero-order valence-corrected chi connectivity index (χ0v) is 20.2. The number of carbonyl (C=O) groups excluding carboxylic acids is 3. The van der Waals surface area contributed by atoms with Gasteiger partial charge in [-0.3, -0.25) is 14.4 Å². The summed E-state index contributed by atoms with van der Waals surface area (Å²) in [6, 6.07) is 9.68. The van der Waals surface area contributed by atoms with E-state index in [-0.39, 0.29) is 29.9 Å². The lowest BCUT2D eigenvalue weighted by molar-refractivity contribution is -0.154. The molecule has 9 nitrogen and oxygen atoms in total. The van der Waals surface area contributed by atoms with Crippen molar-refractivity contribution in [3.63, 3.8) is 0 Å². The van der Waals surface area contributed by atoms with Crippen LogP contribution in [0.2, 0.25) is 0 Å². The normalized spacial score (nSPS) is 16.5. The van der Waals surface area contributed by atoms with E-state index in [1.54, 1.807) is 28.0 Å². The Kier molecular flexibility index (Phi) is 8.14. The smallest absolute Gasteiger partial charge is 0.422 e. The van der Waals surface area contributed by atoms with Crippen LogP contribution in [0.5, 0.6) is 5.88 Å². The van der Waals surface area contributed by atoms with E-state index in [0.717, 1.165) is 12.8 Å². The van der Waals surface area contributed by atoms with E-state index in [9.17, 15) is 27.6 Å². The van der Waals surface area contributed by atoms with Crippen molar-refractivity contribution in [1.82, 2.24) is 14.8 Å². The maximum absolute atomic E-state index is 13.0. The van der Waals surface area contributed by atoms with E-state index in [1.807, 2.05) is 11.0 Å². The SMILES string of the molecule is O=C(Nc1ccnc(OCC(F)(F)F)c1)c1ccccc1N1CCN(C(=O)CN2CCCCC2=O)CC1. The minimum absolute atomic E-state index is 0.0198. The van der Waals surface area contributed by atoms with Crippen LogP contribution < -0.4 is 15.0 Å². The average Bonchev–Trinajstić information content (AvgIpc) is 2.89. The molecule has 12 heteroatoms. The second kappa shape index (κ2) is 11.5. The predicted octanol–water partition coefficient (Wildman–Crippen LogP) is 2.94. The molecule has 37 heavy (non-hydrogen) atoms. The summed E-state index contributed by atoms with van der Waals surface area (Å²) >= 11 is 0. The molecular weight excluding hydrogens is 491 g/mol. The van der Waals surface area contributed by atoms with Gasteiger partial charge in [0.2, 0.25) is 17.7 Å². The summed E-state index contributed by atoms with van der Waals surface area (Å²) in [5.41, 5.74) is 1.31. The molecule has 1 aromatic heterocycles. The monoisotopic (exact) mass is 519 g/mol. The van der Waals surface area contributed by atoms with Gasteiger partial charge < -0.3 is 24.8 Å². The first kappa shape index (κ1) is 26.2. The van der Waals surface area contributed by atoms with Gasteiger partial charge in [0.1, 0.15) is 0 Å². The number of rotatable bonds is 7. The summed E-state index contributed by atoms with van der Waals surface area (Å²) in [4.78, 5) is 46.9. The van der Waals surface area contributed by atoms with Gasteiger partial charge in [-0.15, -0.1) is 0 Å². The van der Waals surface area contributed by atoms with Crippen LogP contribution in [-0.4, -0.2) is 84.6 Å². The fourth-order valence-corrected chi connectivity index (χ4v) is 4.35. The third-order valence-electron chi connectivity index (χ3n) is 6.25. The number of hydrogen-bond acceptors (Lipinski definition) is 6. The molecule has 0 atom stereocenters. The molecule has 2 aromatic rings. The molecule has 2 fully saturated rings. The number of para-hydroxylation sites is 1. The molecule has 1 N–H and O–H groups in total. The van der Waals surface area contributed by atoms with Gasteiger partial charge in [-0.05, 0) is 31.0 Å². The van der Waals surface area contributed by atoms with E-state index >= 15 is 0 Å². The van der Waals surface area contributed by atoms with Crippen molar-refractivity contribution in [1.29, 1.82) is 0 Å². The number of piperazine rings is 1. The number of nitrogens with one attached hydrogen (secondary N) is 1. The third-order valence-corrected chi connectivity index (χ3v) is 6.25. The highest BCUT2D eigenvalue weighted by Gasteiger charge is 2.29. The minimum Gasteiger partial charge on any atom is -0.468 e. The minimum atomic E-state index is -4.50. The number of benzene rings is 1. The third kappa shape index (κ3) is 7.11. The first-order valence-corrected chi connectivity index (χ1v) is 12.1. The van der Waals surface area contributed by atoms with Crippen molar-refractivity contribution in [2.24, 2.45) is 0 Å². The van der Waals surface area contributed by atoms with Gasteiger partial charge in [-0.25, -0.2) is 4.98 Å². The van der Waals surface area contributed by atoms with E-state index in [1.165, 1.54) is 18.3 Å². The quantitative estimate of drug-likeness (QED) is 0.605. The van der Waals surface area contributed by atoms with Crippen molar-refractivity contribution in [3.05, 3.63) is 48.2 Å². The van der Waals surface area contributed by atoms with Gasteiger partial charge in [-0.2, -0.15) is 13.2 Å². The number of alkyl halides is 3. The second-order valence-corrected chi connectivity index (χ2v) is 8.90. The Hall–Kier alpha value is -3.83. The number of halogens is 3. The number of pyridine rings is 1. The molecule has 3 heterocycles. The molecule has 2 saturated heterocycles. The molecule has 0 radical (unpaired) electrons. The molecular formula is C25H28F3N5O4. The Morgan fingerprint density at radius 3 is 2.51 bits per heavy atom. The summed E-state index contributed by atoms with van der Waals surface area (Å²) < 4.78 is 41.9. The topological polar surface area (TPSA) is 95.1 Å². The van der Waals surface area contributed by atoms with E-state index in [2.05, 4.69) is 15.0 Å². The molecule has 198 valence electrons. The van der Waals surface area contributed by atoms with Crippen molar-refractivity contribution in [3.8, 4) is 5.88 Å². The molecule has 0 bridgehead atoms. The second-order valence-electron chi connectivity index (χ2n) is 8.90. The summed E-state index contributed by atoms with van der Waals surface area (Å²) in [6.07, 6.45) is -0.988. The predicted molar refractivity (Wildman–Crippen MR) is 129 cm³/mol. The van der Waals surface area contributed by atoms with Gasteiger partial charge in [-0.1, -0.05) is 12.1 Å². The fraction of sp³-hybridized carbons (Fsp3) is 0.440. The number of nitrogens with zero attached hydrogens (tertiary/aromatic N) is 4. The zero-order valence-electron chi connectivity index (χ0n) is 20.2. The molecule has 0 saturated carbocycles. The van der Waals surface area contributed by atoms with E-state index in [4.69, 9.17) is 0 Å². The number of likely N-dealkylation sites (tertiary alicyclic amines) is 1. The highest BCUT2D eigenvalue weighted by molar-refractivity contribution is 6.08. The summed E-state index contributed by atoms with van der Waals surface area (Å²) in [6.45, 7) is 1.16. The van der Waals surface area contributed by atoms with Crippen LogP contribution >= 0.6 is 0 Å². The summed E-state index contributed by atoms with van der Waals surface area (Å²) in [5, 5.41) is 2.68.